The minimum atomic E-state index is -0.444. The Bertz CT molecular complexity index is 1320. The van der Waals surface area contributed by atoms with Gasteiger partial charge in [-0.1, -0.05) is 30.4 Å². The molecule has 7 heteroatoms. The van der Waals surface area contributed by atoms with Crippen molar-refractivity contribution in [1.82, 2.24) is 20.2 Å². The van der Waals surface area contributed by atoms with Gasteiger partial charge in [0.05, 0.1) is 16.8 Å². The molecule has 35 heavy (non-hydrogen) atoms. The molecule has 7 nitrogen and oxygen atoms in total. The molecule has 0 spiro atoms. The molecule has 2 saturated heterocycles. The minimum absolute atomic E-state index is 0.0155. The molecule has 0 saturated carbocycles. The number of hydrogen-bond acceptors (Lipinski definition) is 5. The topological polar surface area (TPSA) is 73.5 Å². The van der Waals surface area contributed by atoms with Crippen LogP contribution in [0.5, 0.6) is 0 Å². The SMILES string of the molecule is CC1=CC=C(CN2CCN(c3ccc4nc(C5C(=O)NC6=CC=CC=CC65C)[nH]c4c3)CC2)CO1. The normalized spacial score (nSPS) is 26.6. The van der Waals surface area contributed by atoms with Gasteiger partial charge in [0, 0.05) is 49.5 Å². The number of fused-ring (bicyclic) bond motifs is 2. The Kier molecular flexibility index (Phi) is 5.37. The van der Waals surface area contributed by atoms with Gasteiger partial charge in [0.2, 0.25) is 5.91 Å². The first-order valence-corrected chi connectivity index (χ1v) is 12.3. The van der Waals surface area contributed by atoms with Crippen molar-refractivity contribution in [3.05, 3.63) is 83.6 Å². The first kappa shape index (κ1) is 21.9. The lowest BCUT2D eigenvalue weighted by atomic mass is 9.76. The Morgan fingerprint density at radius 2 is 1.97 bits per heavy atom. The summed E-state index contributed by atoms with van der Waals surface area (Å²) in [5.74, 6) is 1.29. The molecule has 180 valence electrons. The average Bonchev–Trinajstić information content (AvgIpc) is 3.31. The maximum atomic E-state index is 12.9. The molecule has 4 heterocycles. The molecule has 2 aromatic rings. The van der Waals surface area contributed by atoms with E-state index in [1.165, 1.54) is 11.3 Å². The van der Waals surface area contributed by atoms with Gasteiger partial charge >= 0.3 is 0 Å². The molecule has 3 aliphatic heterocycles. The maximum absolute atomic E-state index is 12.9. The lowest BCUT2D eigenvalue weighted by Crippen LogP contribution is -2.47. The summed E-state index contributed by atoms with van der Waals surface area (Å²) in [5, 5.41) is 3.06. The monoisotopic (exact) mass is 469 g/mol. The van der Waals surface area contributed by atoms with Crippen LogP contribution in [-0.4, -0.2) is 60.1 Å². The first-order chi connectivity index (χ1) is 17.0. The second-order valence-corrected chi connectivity index (χ2v) is 10.0. The van der Waals surface area contributed by atoms with Gasteiger partial charge in [-0.05, 0) is 49.8 Å². The second-order valence-electron chi connectivity index (χ2n) is 10.0. The fourth-order valence-corrected chi connectivity index (χ4v) is 5.49. The van der Waals surface area contributed by atoms with Crippen LogP contribution in [0.3, 0.4) is 0 Å². The van der Waals surface area contributed by atoms with Crippen LogP contribution in [-0.2, 0) is 9.53 Å². The zero-order valence-corrected chi connectivity index (χ0v) is 20.3. The molecule has 2 atom stereocenters. The van der Waals surface area contributed by atoms with Crippen molar-refractivity contribution in [1.29, 1.82) is 0 Å². The Labute approximate surface area is 205 Å². The molecule has 1 aliphatic carbocycles. The van der Waals surface area contributed by atoms with Crippen LogP contribution in [0.4, 0.5) is 5.69 Å². The number of anilines is 1. The first-order valence-electron chi connectivity index (χ1n) is 12.3. The van der Waals surface area contributed by atoms with Gasteiger partial charge in [0.15, 0.2) is 0 Å². The van der Waals surface area contributed by atoms with E-state index >= 15 is 0 Å². The van der Waals surface area contributed by atoms with E-state index in [2.05, 4.69) is 63.5 Å². The van der Waals surface area contributed by atoms with Crippen LogP contribution < -0.4 is 10.2 Å². The highest BCUT2D eigenvalue weighted by Gasteiger charge is 2.49. The summed E-state index contributed by atoms with van der Waals surface area (Å²) in [7, 11) is 0. The number of hydrogen-bond donors (Lipinski definition) is 2. The molecule has 6 rings (SSSR count). The van der Waals surface area contributed by atoms with E-state index in [1.54, 1.807) is 0 Å². The van der Waals surface area contributed by atoms with Gasteiger partial charge in [0.25, 0.3) is 0 Å². The molecule has 0 bridgehead atoms. The number of allylic oxidation sites excluding steroid dienone is 8. The number of aromatic nitrogens is 2. The van der Waals surface area contributed by atoms with Gasteiger partial charge < -0.3 is 19.9 Å². The predicted octanol–water partition coefficient (Wildman–Crippen LogP) is 3.77. The van der Waals surface area contributed by atoms with Gasteiger partial charge in [-0.3, -0.25) is 9.69 Å². The van der Waals surface area contributed by atoms with Crippen LogP contribution in [0.25, 0.3) is 11.0 Å². The Hall–Kier alpha value is -3.58. The van der Waals surface area contributed by atoms with Gasteiger partial charge in [-0.15, -0.1) is 0 Å². The summed E-state index contributed by atoms with van der Waals surface area (Å²) in [6.45, 7) is 9.73. The van der Waals surface area contributed by atoms with E-state index in [1.807, 2.05) is 31.2 Å². The number of benzene rings is 1. The summed E-state index contributed by atoms with van der Waals surface area (Å²) < 4.78 is 5.66. The number of H-pyrrole nitrogens is 1. The van der Waals surface area contributed by atoms with Gasteiger partial charge in [-0.2, -0.15) is 0 Å². The van der Waals surface area contributed by atoms with E-state index in [0.29, 0.717) is 12.4 Å². The van der Waals surface area contributed by atoms with Crippen molar-refractivity contribution >= 4 is 22.6 Å². The summed E-state index contributed by atoms with van der Waals surface area (Å²) >= 11 is 0. The molecule has 1 amide bonds. The fraction of sp³-hybridized carbons (Fsp3) is 0.357. The molecule has 4 aliphatic rings. The molecule has 2 N–H and O–H groups in total. The third-order valence-corrected chi connectivity index (χ3v) is 7.59. The smallest absolute Gasteiger partial charge is 0.236 e. The van der Waals surface area contributed by atoms with Crippen molar-refractivity contribution in [2.24, 2.45) is 5.41 Å². The van der Waals surface area contributed by atoms with Crippen molar-refractivity contribution in [3.63, 3.8) is 0 Å². The van der Waals surface area contributed by atoms with Crippen LogP contribution in [0.1, 0.15) is 25.6 Å². The third-order valence-electron chi connectivity index (χ3n) is 7.59. The van der Waals surface area contributed by atoms with Gasteiger partial charge in [-0.25, -0.2) is 4.98 Å². The summed E-state index contributed by atoms with van der Waals surface area (Å²) in [6.07, 6.45) is 14.3. The highest BCUT2D eigenvalue weighted by atomic mass is 16.5. The van der Waals surface area contributed by atoms with E-state index in [9.17, 15) is 4.79 Å². The molecule has 2 fully saturated rings. The summed E-state index contributed by atoms with van der Waals surface area (Å²) in [6, 6.07) is 6.38. The number of rotatable bonds is 4. The second kappa shape index (κ2) is 8.57. The number of carbonyl (C=O) groups is 1. The number of piperazine rings is 1. The number of nitrogens with zero attached hydrogens (tertiary/aromatic N) is 3. The van der Waals surface area contributed by atoms with Crippen molar-refractivity contribution in [3.8, 4) is 0 Å². The van der Waals surface area contributed by atoms with E-state index in [-0.39, 0.29) is 11.8 Å². The van der Waals surface area contributed by atoms with Crippen molar-refractivity contribution in [2.45, 2.75) is 19.8 Å². The number of carbonyl (C=O) groups excluding carboxylic acids is 1. The zero-order valence-electron chi connectivity index (χ0n) is 20.3. The third kappa shape index (κ3) is 4.00. The number of aromatic amines is 1. The Morgan fingerprint density at radius 1 is 1.11 bits per heavy atom. The highest BCUT2D eigenvalue weighted by molar-refractivity contribution is 5.91. The average molecular weight is 470 g/mol. The lowest BCUT2D eigenvalue weighted by molar-refractivity contribution is -0.121. The minimum Gasteiger partial charge on any atom is -0.494 e. The quantitative estimate of drug-likeness (QED) is 0.713. The fourth-order valence-electron chi connectivity index (χ4n) is 5.49. The van der Waals surface area contributed by atoms with Crippen LogP contribution in [0.2, 0.25) is 0 Å². The van der Waals surface area contributed by atoms with Crippen LogP contribution in [0, 0.1) is 5.41 Å². The molecule has 1 aromatic carbocycles. The standard InChI is InChI=1S/C28H31N5O2/c1-19-7-8-20(18-35-19)17-32-12-14-33(15-13-32)21-9-10-22-23(16-21)30-26(29-22)25-27(34)31-24-6-4-3-5-11-28(24,25)2/h3-11,16,25H,12-15,17-18H2,1-2H3,(H,29,30)(H,31,34). The zero-order chi connectivity index (χ0) is 24.0. The largest absolute Gasteiger partial charge is 0.494 e. The van der Waals surface area contributed by atoms with Crippen LogP contribution >= 0.6 is 0 Å². The lowest BCUT2D eigenvalue weighted by Gasteiger charge is -2.36. The van der Waals surface area contributed by atoms with E-state index < -0.39 is 5.41 Å². The Balaban J connectivity index is 1.18. The van der Waals surface area contributed by atoms with Crippen molar-refractivity contribution in [2.75, 3.05) is 44.2 Å². The van der Waals surface area contributed by atoms with Gasteiger partial charge in [0.1, 0.15) is 18.3 Å². The predicted molar refractivity (Wildman–Crippen MR) is 138 cm³/mol. The van der Waals surface area contributed by atoms with E-state index in [0.717, 1.165) is 55.2 Å². The number of ether oxygens (including phenoxy) is 1. The number of amides is 1. The molecular weight excluding hydrogens is 438 g/mol. The molecular formula is C28H31N5O2. The van der Waals surface area contributed by atoms with E-state index in [4.69, 9.17) is 9.72 Å². The molecule has 1 aromatic heterocycles. The summed E-state index contributed by atoms with van der Waals surface area (Å²) in [4.78, 5) is 26.2. The number of nitrogens with one attached hydrogen (secondary N) is 2. The highest BCUT2D eigenvalue weighted by Crippen LogP contribution is 2.47. The molecule has 0 radical (unpaired) electrons. The Morgan fingerprint density at radius 3 is 2.77 bits per heavy atom. The molecule has 2 unspecified atom stereocenters. The summed E-state index contributed by atoms with van der Waals surface area (Å²) in [5.41, 5.74) is 4.85. The maximum Gasteiger partial charge on any atom is 0.236 e. The van der Waals surface area contributed by atoms with Crippen LogP contribution in [0.15, 0.2) is 77.8 Å². The number of imidazole rings is 1. The van der Waals surface area contributed by atoms with Crippen molar-refractivity contribution < 1.29 is 9.53 Å².